The average molecular weight is 332 g/mol. The van der Waals surface area contributed by atoms with Crippen LogP contribution >= 0.6 is 0 Å². The zero-order valence-electron chi connectivity index (χ0n) is 12.7. The molecule has 0 saturated heterocycles. The number of carbonyl (C=O) groups excluding carboxylic acids is 1. The highest BCUT2D eigenvalue weighted by Gasteiger charge is 2.27. The number of methoxy groups -OCH3 is 1. The molecule has 0 fully saturated rings. The van der Waals surface area contributed by atoms with Gasteiger partial charge in [0.2, 0.25) is 5.91 Å². The highest BCUT2D eigenvalue weighted by molar-refractivity contribution is 7.92. The molecule has 6 nitrogen and oxygen atoms in total. The maximum atomic E-state index is 12.4. The maximum Gasteiger partial charge on any atom is 0.261 e. The lowest BCUT2D eigenvalue weighted by molar-refractivity contribution is -0.116. The van der Waals surface area contributed by atoms with Gasteiger partial charge >= 0.3 is 0 Å². The fourth-order valence-electron chi connectivity index (χ4n) is 2.45. The molecule has 0 aliphatic carbocycles. The van der Waals surface area contributed by atoms with Gasteiger partial charge in [-0.05, 0) is 55.0 Å². The van der Waals surface area contributed by atoms with Gasteiger partial charge < -0.3 is 10.1 Å². The van der Waals surface area contributed by atoms with E-state index in [9.17, 15) is 13.2 Å². The van der Waals surface area contributed by atoms with Gasteiger partial charge in [0.25, 0.3) is 10.0 Å². The number of sulfonamides is 1. The predicted octanol–water partition coefficient (Wildman–Crippen LogP) is 2.55. The van der Waals surface area contributed by atoms with Crippen LogP contribution in [-0.4, -0.2) is 21.4 Å². The summed E-state index contributed by atoms with van der Waals surface area (Å²) in [6.07, 6.45) is 0. The molecule has 23 heavy (non-hydrogen) atoms. The van der Waals surface area contributed by atoms with Crippen molar-refractivity contribution < 1.29 is 17.9 Å². The van der Waals surface area contributed by atoms with E-state index in [1.165, 1.54) is 19.2 Å². The molecule has 0 spiro atoms. The van der Waals surface area contributed by atoms with Crippen molar-refractivity contribution in [3.63, 3.8) is 0 Å². The lowest BCUT2D eigenvalue weighted by Crippen LogP contribution is -2.13. The van der Waals surface area contributed by atoms with Crippen LogP contribution in [0.25, 0.3) is 0 Å². The number of hydrogen-bond donors (Lipinski definition) is 2. The molecule has 1 heterocycles. The summed E-state index contributed by atoms with van der Waals surface area (Å²) in [5.41, 5.74) is 1.92. The standard InChI is InChI=1S/C16H16N2O4S/c1-10-14-9-11(3-8-15(14)17-16(10)19)18-23(20,21)13-6-4-12(22-2)5-7-13/h3-10,18H,1-2H3,(H,17,19). The second kappa shape index (κ2) is 5.58. The van der Waals surface area contributed by atoms with Crippen molar-refractivity contribution in [3.8, 4) is 5.75 Å². The monoisotopic (exact) mass is 332 g/mol. The van der Waals surface area contributed by atoms with Crippen molar-refractivity contribution in [2.24, 2.45) is 0 Å². The van der Waals surface area contributed by atoms with E-state index < -0.39 is 10.0 Å². The number of carbonyl (C=O) groups is 1. The van der Waals surface area contributed by atoms with E-state index in [2.05, 4.69) is 10.0 Å². The van der Waals surface area contributed by atoms with E-state index in [4.69, 9.17) is 4.74 Å². The Morgan fingerprint density at radius 2 is 1.83 bits per heavy atom. The van der Waals surface area contributed by atoms with Crippen molar-refractivity contribution in [2.45, 2.75) is 17.7 Å². The number of rotatable bonds is 4. The molecule has 1 aliphatic heterocycles. The summed E-state index contributed by atoms with van der Waals surface area (Å²) in [5.74, 6) is 0.200. The third-order valence-corrected chi connectivity index (χ3v) is 5.19. The first-order valence-electron chi connectivity index (χ1n) is 7.02. The second-order valence-electron chi connectivity index (χ2n) is 5.29. The minimum atomic E-state index is -3.70. The van der Waals surface area contributed by atoms with Crippen LogP contribution in [0.4, 0.5) is 11.4 Å². The van der Waals surface area contributed by atoms with Crippen LogP contribution < -0.4 is 14.8 Å². The molecule has 1 amide bonds. The highest BCUT2D eigenvalue weighted by Crippen LogP contribution is 2.34. The molecule has 3 rings (SSSR count). The van der Waals surface area contributed by atoms with E-state index in [-0.39, 0.29) is 16.7 Å². The predicted molar refractivity (Wildman–Crippen MR) is 87.3 cm³/mol. The largest absolute Gasteiger partial charge is 0.497 e. The summed E-state index contributed by atoms with van der Waals surface area (Å²) in [5, 5.41) is 2.75. The summed E-state index contributed by atoms with van der Waals surface area (Å²) in [6.45, 7) is 1.78. The molecule has 1 atom stereocenters. The van der Waals surface area contributed by atoms with Crippen molar-refractivity contribution in [1.82, 2.24) is 0 Å². The summed E-state index contributed by atoms with van der Waals surface area (Å²) in [7, 11) is -2.18. The smallest absolute Gasteiger partial charge is 0.261 e. The number of hydrogen-bond acceptors (Lipinski definition) is 4. The SMILES string of the molecule is COc1ccc(S(=O)(=O)Nc2ccc3c(c2)C(C)C(=O)N3)cc1. The molecule has 2 aromatic rings. The summed E-state index contributed by atoms with van der Waals surface area (Å²) >= 11 is 0. The number of amides is 1. The second-order valence-corrected chi connectivity index (χ2v) is 6.98. The van der Waals surface area contributed by atoms with Crippen LogP contribution in [0.2, 0.25) is 0 Å². The maximum absolute atomic E-state index is 12.4. The summed E-state index contributed by atoms with van der Waals surface area (Å²) < 4.78 is 32.4. The Labute approximate surface area is 134 Å². The van der Waals surface area contributed by atoms with Crippen LogP contribution in [0.1, 0.15) is 18.4 Å². The zero-order valence-corrected chi connectivity index (χ0v) is 13.5. The molecule has 2 aromatic carbocycles. The van der Waals surface area contributed by atoms with E-state index in [0.717, 1.165) is 11.3 Å². The highest BCUT2D eigenvalue weighted by atomic mass is 32.2. The Hall–Kier alpha value is -2.54. The van der Waals surface area contributed by atoms with Crippen LogP contribution in [0.5, 0.6) is 5.75 Å². The van der Waals surface area contributed by atoms with Crippen molar-refractivity contribution in [2.75, 3.05) is 17.1 Å². The van der Waals surface area contributed by atoms with E-state index in [1.807, 2.05) is 0 Å². The zero-order chi connectivity index (χ0) is 16.6. The normalized spacial score (nSPS) is 16.6. The Morgan fingerprint density at radius 3 is 2.48 bits per heavy atom. The van der Waals surface area contributed by atoms with Crippen LogP contribution in [0.15, 0.2) is 47.4 Å². The minimum Gasteiger partial charge on any atom is -0.497 e. The molecule has 7 heteroatoms. The van der Waals surface area contributed by atoms with E-state index in [1.54, 1.807) is 37.3 Å². The summed E-state index contributed by atoms with van der Waals surface area (Å²) in [4.78, 5) is 11.8. The van der Waals surface area contributed by atoms with Crippen LogP contribution in [0, 0.1) is 0 Å². The van der Waals surface area contributed by atoms with Gasteiger partial charge in [-0.3, -0.25) is 9.52 Å². The third kappa shape index (κ3) is 2.87. The molecule has 0 radical (unpaired) electrons. The van der Waals surface area contributed by atoms with Gasteiger partial charge in [-0.1, -0.05) is 0 Å². The first kappa shape index (κ1) is 15.4. The van der Waals surface area contributed by atoms with Crippen LogP contribution in [-0.2, 0) is 14.8 Å². The molecule has 1 aliphatic rings. The average Bonchev–Trinajstić information content (AvgIpc) is 2.82. The fraction of sp³-hybridized carbons (Fsp3) is 0.188. The van der Waals surface area contributed by atoms with Gasteiger partial charge in [-0.2, -0.15) is 0 Å². The fourth-order valence-corrected chi connectivity index (χ4v) is 3.50. The lowest BCUT2D eigenvalue weighted by Gasteiger charge is -2.10. The van der Waals surface area contributed by atoms with Crippen LogP contribution in [0.3, 0.4) is 0 Å². The van der Waals surface area contributed by atoms with Gasteiger partial charge in [0.1, 0.15) is 5.75 Å². The molecule has 0 aromatic heterocycles. The van der Waals surface area contributed by atoms with Crippen molar-refractivity contribution >= 4 is 27.3 Å². The molecule has 2 N–H and O–H groups in total. The Morgan fingerprint density at radius 1 is 1.13 bits per heavy atom. The third-order valence-electron chi connectivity index (χ3n) is 3.79. The number of ether oxygens (including phenoxy) is 1. The van der Waals surface area contributed by atoms with Gasteiger partial charge in [0, 0.05) is 11.4 Å². The minimum absolute atomic E-state index is 0.0878. The number of benzene rings is 2. The first-order chi connectivity index (χ1) is 10.9. The molecular weight excluding hydrogens is 316 g/mol. The molecular formula is C16H16N2O4S. The molecule has 120 valence electrons. The number of fused-ring (bicyclic) bond motifs is 1. The van der Waals surface area contributed by atoms with E-state index in [0.29, 0.717) is 11.4 Å². The van der Waals surface area contributed by atoms with Gasteiger partial charge in [0.15, 0.2) is 0 Å². The number of nitrogens with one attached hydrogen (secondary N) is 2. The van der Waals surface area contributed by atoms with Gasteiger partial charge in [-0.25, -0.2) is 8.42 Å². The Balaban J connectivity index is 1.88. The lowest BCUT2D eigenvalue weighted by atomic mass is 10.0. The summed E-state index contributed by atoms with van der Waals surface area (Å²) in [6, 6.07) is 11.1. The quantitative estimate of drug-likeness (QED) is 0.901. The molecule has 0 saturated carbocycles. The Bertz CT molecular complexity index is 860. The van der Waals surface area contributed by atoms with Crippen molar-refractivity contribution in [3.05, 3.63) is 48.0 Å². The van der Waals surface area contributed by atoms with Gasteiger partial charge in [-0.15, -0.1) is 0 Å². The van der Waals surface area contributed by atoms with E-state index >= 15 is 0 Å². The molecule has 1 unspecified atom stereocenters. The van der Waals surface area contributed by atoms with Gasteiger partial charge in [0.05, 0.1) is 17.9 Å². The van der Waals surface area contributed by atoms with Crippen molar-refractivity contribution in [1.29, 1.82) is 0 Å². The molecule has 0 bridgehead atoms. The number of anilines is 2. The first-order valence-corrected chi connectivity index (χ1v) is 8.51. The topological polar surface area (TPSA) is 84.5 Å². The Kier molecular flexibility index (Phi) is 3.73.